The fourth-order valence-electron chi connectivity index (χ4n) is 2.33. The predicted octanol–water partition coefficient (Wildman–Crippen LogP) is 2.97. The van der Waals surface area contributed by atoms with E-state index in [1.54, 1.807) is 10.7 Å². The highest BCUT2D eigenvalue weighted by atomic mass is 16.5. The van der Waals surface area contributed by atoms with Crippen LogP contribution in [0.25, 0.3) is 5.78 Å². The molecule has 3 aromatic rings. The van der Waals surface area contributed by atoms with Crippen LogP contribution < -0.4 is 10.5 Å². The molecule has 0 aliphatic carbocycles. The first-order valence-electron chi connectivity index (χ1n) is 7.28. The van der Waals surface area contributed by atoms with E-state index in [9.17, 15) is 0 Å². The van der Waals surface area contributed by atoms with E-state index in [1.807, 2.05) is 25.1 Å². The molecular formula is C16H19N5O. The molecule has 0 aliphatic rings. The molecule has 2 aromatic heterocycles. The highest BCUT2D eigenvalue weighted by molar-refractivity contribution is 5.35. The Hall–Kier alpha value is -2.63. The van der Waals surface area contributed by atoms with Crippen molar-refractivity contribution in [2.24, 2.45) is 0 Å². The zero-order chi connectivity index (χ0) is 15.7. The molecule has 6 heteroatoms. The van der Waals surface area contributed by atoms with E-state index in [2.05, 4.69) is 41.0 Å². The third-order valence-corrected chi connectivity index (χ3v) is 3.56. The van der Waals surface area contributed by atoms with Gasteiger partial charge in [-0.25, -0.2) is 4.98 Å². The van der Waals surface area contributed by atoms with Gasteiger partial charge >= 0.3 is 0 Å². The summed E-state index contributed by atoms with van der Waals surface area (Å²) in [5.74, 6) is 1.99. The van der Waals surface area contributed by atoms with Crippen LogP contribution >= 0.6 is 0 Å². The standard InChI is InChI=1S/C16H19N5O/c1-10(2)12-4-6-13(7-5-12)22-11(3)14-8-9-18-16-19-15(17)20-21(14)16/h4-11H,1-3H3,(H2,17,20). The Balaban J connectivity index is 1.85. The number of nitrogens with two attached hydrogens (primary N) is 1. The molecule has 2 N–H and O–H groups in total. The van der Waals surface area contributed by atoms with E-state index >= 15 is 0 Å². The molecule has 0 fully saturated rings. The van der Waals surface area contributed by atoms with Crippen molar-refractivity contribution >= 4 is 11.7 Å². The molecule has 1 aromatic carbocycles. The topological polar surface area (TPSA) is 78.3 Å². The third kappa shape index (κ3) is 2.72. The average molecular weight is 297 g/mol. The number of hydrogen-bond donors (Lipinski definition) is 1. The Morgan fingerprint density at radius 3 is 2.50 bits per heavy atom. The fourth-order valence-corrected chi connectivity index (χ4v) is 2.33. The molecule has 114 valence electrons. The van der Waals surface area contributed by atoms with Crippen molar-refractivity contribution in [2.75, 3.05) is 5.73 Å². The molecule has 22 heavy (non-hydrogen) atoms. The molecule has 0 spiro atoms. The second-order valence-corrected chi connectivity index (χ2v) is 5.54. The first kappa shape index (κ1) is 14.3. The van der Waals surface area contributed by atoms with Crippen LogP contribution in [0.4, 0.5) is 5.95 Å². The van der Waals surface area contributed by atoms with Gasteiger partial charge in [-0.1, -0.05) is 26.0 Å². The normalized spacial score (nSPS) is 12.7. The lowest BCUT2D eigenvalue weighted by molar-refractivity contribution is 0.218. The van der Waals surface area contributed by atoms with Crippen LogP contribution in [0.2, 0.25) is 0 Å². The van der Waals surface area contributed by atoms with Gasteiger partial charge in [-0.3, -0.25) is 0 Å². The summed E-state index contributed by atoms with van der Waals surface area (Å²) in [6.07, 6.45) is 1.48. The quantitative estimate of drug-likeness (QED) is 0.801. The van der Waals surface area contributed by atoms with Crippen LogP contribution in [0.5, 0.6) is 5.75 Å². The fraction of sp³-hybridized carbons (Fsp3) is 0.312. The van der Waals surface area contributed by atoms with Crippen molar-refractivity contribution in [1.82, 2.24) is 19.6 Å². The SMILES string of the molecule is CC(C)c1ccc(OC(C)c2ccnc3nc(N)nn23)cc1. The zero-order valence-electron chi connectivity index (χ0n) is 12.9. The minimum absolute atomic E-state index is 0.198. The molecule has 0 radical (unpaired) electrons. The van der Waals surface area contributed by atoms with E-state index in [-0.39, 0.29) is 12.1 Å². The summed E-state index contributed by atoms with van der Waals surface area (Å²) < 4.78 is 7.61. The highest BCUT2D eigenvalue weighted by Crippen LogP contribution is 2.24. The lowest BCUT2D eigenvalue weighted by atomic mass is 10.0. The highest BCUT2D eigenvalue weighted by Gasteiger charge is 2.14. The molecule has 0 saturated carbocycles. The lowest BCUT2D eigenvalue weighted by Gasteiger charge is -2.16. The van der Waals surface area contributed by atoms with Crippen molar-refractivity contribution < 1.29 is 4.74 Å². The molecule has 0 saturated heterocycles. The van der Waals surface area contributed by atoms with Crippen molar-refractivity contribution in [2.45, 2.75) is 32.8 Å². The first-order chi connectivity index (χ1) is 10.5. The number of hydrogen-bond acceptors (Lipinski definition) is 5. The van der Waals surface area contributed by atoms with Gasteiger partial charge < -0.3 is 10.5 Å². The first-order valence-corrected chi connectivity index (χ1v) is 7.28. The zero-order valence-corrected chi connectivity index (χ0v) is 12.9. The maximum atomic E-state index is 6.00. The summed E-state index contributed by atoms with van der Waals surface area (Å²) in [5, 5.41) is 4.15. The number of nitrogens with zero attached hydrogens (tertiary/aromatic N) is 4. The smallest absolute Gasteiger partial charge is 0.254 e. The average Bonchev–Trinajstić information content (AvgIpc) is 2.87. The van der Waals surface area contributed by atoms with Gasteiger partial charge in [-0.2, -0.15) is 9.50 Å². The maximum Gasteiger partial charge on any atom is 0.254 e. The number of aromatic nitrogens is 4. The van der Waals surface area contributed by atoms with E-state index < -0.39 is 0 Å². The number of nitrogen functional groups attached to an aromatic ring is 1. The second-order valence-electron chi connectivity index (χ2n) is 5.54. The molecular weight excluding hydrogens is 278 g/mol. The van der Waals surface area contributed by atoms with Crippen LogP contribution in [0, 0.1) is 0 Å². The summed E-state index contributed by atoms with van der Waals surface area (Å²) in [6.45, 7) is 6.30. The van der Waals surface area contributed by atoms with Gasteiger partial charge in [-0.05, 0) is 36.6 Å². The summed E-state index contributed by atoms with van der Waals surface area (Å²) in [7, 11) is 0. The van der Waals surface area contributed by atoms with E-state index in [0.717, 1.165) is 11.4 Å². The Kier molecular flexibility index (Phi) is 3.66. The number of fused-ring (bicyclic) bond motifs is 1. The lowest BCUT2D eigenvalue weighted by Crippen LogP contribution is -2.10. The molecule has 6 nitrogen and oxygen atoms in total. The van der Waals surface area contributed by atoms with Gasteiger partial charge in [0.15, 0.2) is 0 Å². The van der Waals surface area contributed by atoms with Crippen LogP contribution in [0.3, 0.4) is 0 Å². The van der Waals surface area contributed by atoms with Gasteiger partial charge in [0.2, 0.25) is 5.95 Å². The van der Waals surface area contributed by atoms with Gasteiger partial charge in [0.1, 0.15) is 11.9 Å². The monoisotopic (exact) mass is 297 g/mol. The maximum absolute atomic E-state index is 6.00. The molecule has 0 bridgehead atoms. The van der Waals surface area contributed by atoms with Crippen LogP contribution in [0.1, 0.15) is 44.1 Å². The Morgan fingerprint density at radius 2 is 1.82 bits per heavy atom. The van der Waals surface area contributed by atoms with E-state index in [0.29, 0.717) is 11.7 Å². The van der Waals surface area contributed by atoms with Crippen molar-refractivity contribution in [1.29, 1.82) is 0 Å². The summed E-state index contributed by atoms with van der Waals surface area (Å²) in [4.78, 5) is 8.19. The van der Waals surface area contributed by atoms with Gasteiger partial charge in [0.25, 0.3) is 5.78 Å². The Bertz CT molecular complexity index is 779. The molecule has 2 heterocycles. The third-order valence-electron chi connectivity index (χ3n) is 3.56. The minimum Gasteiger partial charge on any atom is -0.484 e. The summed E-state index contributed by atoms with van der Waals surface area (Å²) >= 11 is 0. The molecule has 1 atom stereocenters. The predicted molar refractivity (Wildman–Crippen MR) is 84.8 cm³/mol. The van der Waals surface area contributed by atoms with E-state index in [1.165, 1.54) is 5.56 Å². The summed E-state index contributed by atoms with van der Waals surface area (Å²) in [6, 6.07) is 10.00. The Labute approximate surface area is 129 Å². The number of rotatable bonds is 4. The minimum atomic E-state index is -0.198. The van der Waals surface area contributed by atoms with Gasteiger partial charge in [0.05, 0.1) is 5.69 Å². The molecule has 0 amide bonds. The van der Waals surface area contributed by atoms with E-state index in [4.69, 9.17) is 10.5 Å². The van der Waals surface area contributed by atoms with Crippen molar-refractivity contribution in [3.8, 4) is 5.75 Å². The summed E-state index contributed by atoms with van der Waals surface area (Å²) in [5.41, 5.74) is 7.77. The van der Waals surface area contributed by atoms with Crippen LogP contribution in [0.15, 0.2) is 36.5 Å². The second kappa shape index (κ2) is 5.63. The molecule has 1 unspecified atom stereocenters. The Morgan fingerprint density at radius 1 is 1.09 bits per heavy atom. The molecule has 3 rings (SSSR count). The van der Waals surface area contributed by atoms with Crippen molar-refractivity contribution in [3.63, 3.8) is 0 Å². The van der Waals surface area contributed by atoms with Crippen LogP contribution in [-0.4, -0.2) is 19.6 Å². The largest absolute Gasteiger partial charge is 0.484 e. The van der Waals surface area contributed by atoms with Crippen molar-refractivity contribution in [3.05, 3.63) is 47.8 Å². The number of ether oxygens (including phenoxy) is 1. The number of anilines is 1. The van der Waals surface area contributed by atoms with Gasteiger partial charge in [-0.15, -0.1) is 5.10 Å². The van der Waals surface area contributed by atoms with Crippen LogP contribution in [-0.2, 0) is 0 Å². The number of benzene rings is 1. The van der Waals surface area contributed by atoms with Gasteiger partial charge in [0, 0.05) is 6.20 Å². The molecule has 0 aliphatic heterocycles.